The van der Waals surface area contributed by atoms with Crippen molar-refractivity contribution in [2.45, 2.75) is 24.9 Å². The minimum atomic E-state index is -0.935. The number of aliphatic carboxylic acids is 1. The highest BCUT2D eigenvalue weighted by Crippen LogP contribution is 2.35. The molecule has 0 saturated heterocycles. The molecule has 4 nitrogen and oxygen atoms in total. The van der Waals surface area contributed by atoms with Gasteiger partial charge in [0.05, 0.1) is 10.7 Å². The number of nitrogens with zero attached hydrogens (tertiary/aromatic N) is 1. The van der Waals surface area contributed by atoms with E-state index in [0.29, 0.717) is 15.7 Å². The normalized spacial score (nSPS) is 13.6. The average molecular weight is 340 g/mol. The van der Waals surface area contributed by atoms with Gasteiger partial charge in [0.2, 0.25) is 0 Å². The van der Waals surface area contributed by atoms with Crippen LogP contribution in [0, 0.1) is 0 Å². The second kappa shape index (κ2) is 7.58. The highest BCUT2D eigenvalue weighted by Gasteiger charge is 2.24. The zero-order valence-corrected chi connectivity index (χ0v) is 13.1. The van der Waals surface area contributed by atoms with Gasteiger partial charge in [-0.25, -0.2) is 0 Å². The molecule has 22 heavy (non-hydrogen) atoms. The lowest BCUT2D eigenvalue weighted by Gasteiger charge is -2.23. The third-order valence-electron chi connectivity index (χ3n) is 3.38. The van der Waals surface area contributed by atoms with Crippen molar-refractivity contribution in [3.8, 4) is 0 Å². The molecule has 0 spiro atoms. The molecule has 1 heterocycles. The van der Waals surface area contributed by atoms with Gasteiger partial charge in [0, 0.05) is 23.6 Å². The number of carbonyl (C=O) groups is 1. The SMILES string of the molecule is O=C(O)CC[C@H](c1cccc(Cl)c1)[C@@H](O)c1ccc(Cl)cn1. The standard InChI is InChI=1S/C16H15Cl2NO3/c17-11-3-1-2-10(8-11)13(5-7-15(20)21)16(22)14-6-4-12(18)9-19-14/h1-4,6,8-9,13,16,22H,5,7H2,(H,20,21)/t13-,16-/m1/s1. The maximum atomic E-state index is 10.9. The summed E-state index contributed by atoms with van der Waals surface area (Å²) >= 11 is 11.8. The van der Waals surface area contributed by atoms with Crippen LogP contribution in [0.25, 0.3) is 0 Å². The Labute approximate surface area is 138 Å². The lowest BCUT2D eigenvalue weighted by Crippen LogP contribution is -2.14. The van der Waals surface area contributed by atoms with E-state index in [2.05, 4.69) is 4.98 Å². The van der Waals surface area contributed by atoms with Crippen molar-refractivity contribution in [3.63, 3.8) is 0 Å². The first kappa shape index (κ1) is 16.7. The molecule has 116 valence electrons. The zero-order valence-electron chi connectivity index (χ0n) is 11.6. The second-order valence-electron chi connectivity index (χ2n) is 4.94. The summed E-state index contributed by atoms with van der Waals surface area (Å²) in [5.41, 5.74) is 1.22. The first-order valence-electron chi connectivity index (χ1n) is 6.74. The lowest BCUT2D eigenvalue weighted by atomic mass is 9.87. The number of aliphatic hydroxyl groups is 1. The molecule has 0 unspecified atom stereocenters. The van der Waals surface area contributed by atoms with E-state index in [0.717, 1.165) is 5.56 Å². The van der Waals surface area contributed by atoms with Crippen LogP contribution in [-0.4, -0.2) is 21.2 Å². The Hall–Kier alpha value is -1.62. The van der Waals surface area contributed by atoms with Gasteiger partial charge in [-0.15, -0.1) is 0 Å². The van der Waals surface area contributed by atoms with Gasteiger partial charge in [0.25, 0.3) is 0 Å². The minimum Gasteiger partial charge on any atom is -0.481 e. The number of halogens is 2. The third kappa shape index (κ3) is 4.44. The Bertz CT molecular complexity index is 646. The molecular weight excluding hydrogens is 325 g/mol. The molecule has 0 amide bonds. The Morgan fingerprint density at radius 2 is 1.95 bits per heavy atom. The predicted molar refractivity (Wildman–Crippen MR) is 85.3 cm³/mol. The van der Waals surface area contributed by atoms with E-state index in [-0.39, 0.29) is 12.8 Å². The number of carboxylic acid groups (broad SMARTS) is 1. The Kier molecular flexibility index (Phi) is 5.77. The number of aliphatic hydroxyl groups excluding tert-OH is 1. The van der Waals surface area contributed by atoms with Gasteiger partial charge in [0.15, 0.2) is 0 Å². The fraction of sp³-hybridized carbons (Fsp3) is 0.250. The fourth-order valence-electron chi connectivity index (χ4n) is 2.29. The Morgan fingerprint density at radius 3 is 2.55 bits per heavy atom. The van der Waals surface area contributed by atoms with Gasteiger partial charge in [-0.1, -0.05) is 35.3 Å². The third-order valence-corrected chi connectivity index (χ3v) is 3.84. The van der Waals surface area contributed by atoms with E-state index in [1.807, 2.05) is 6.07 Å². The number of benzene rings is 1. The Balaban J connectivity index is 2.30. The van der Waals surface area contributed by atoms with Crippen LogP contribution >= 0.6 is 23.2 Å². The van der Waals surface area contributed by atoms with Gasteiger partial charge in [-0.2, -0.15) is 0 Å². The molecule has 0 aliphatic carbocycles. The summed E-state index contributed by atoms with van der Waals surface area (Å²) in [5, 5.41) is 20.5. The van der Waals surface area contributed by atoms with Crippen molar-refractivity contribution in [2.75, 3.05) is 0 Å². The molecule has 0 bridgehead atoms. The van der Waals surface area contributed by atoms with Crippen LogP contribution in [0.15, 0.2) is 42.6 Å². The molecule has 2 rings (SSSR count). The summed E-state index contributed by atoms with van der Waals surface area (Å²) in [6, 6.07) is 10.3. The number of aromatic nitrogens is 1. The molecule has 0 aliphatic heterocycles. The molecule has 0 saturated carbocycles. The molecule has 0 aliphatic rings. The minimum absolute atomic E-state index is 0.0537. The number of hydrogen-bond donors (Lipinski definition) is 2. The number of rotatable bonds is 6. The van der Waals surface area contributed by atoms with Crippen LogP contribution in [0.3, 0.4) is 0 Å². The van der Waals surface area contributed by atoms with E-state index < -0.39 is 18.0 Å². The zero-order chi connectivity index (χ0) is 16.1. The molecule has 1 aromatic carbocycles. The summed E-state index contributed by atoms with van der Waals surface area (Å²) in [5.74, 6) is -1.33. The monoisotopic (exact) mass is 339 g/mol. The van der Waals surface area contributed by atoms with Gasteiger partial charge in [0.1, 0.15) is 6.10 Å². The first-order chi connectivity index (χ1) is 10.5. The molecule has 2 N–H and O–H groups in total. The topological polar surface area (TPSA) is 70.4 Å². The molecule has 2 aromatic rings. The highest BCUT2D eigenvalue weighted by molar-refractivity contribution is 6.30. The van der Waals surface area contributed by atoms with E-state index in [4.69, 9.17) is 28.3 Å². The van der Waals surface area contributed by atoms with Gasteiger partial charge >= 0.3 is 5.97 Å². The lowest BCUT2D eigenvalue weighted by molar-refractivity contribution is -0.137. The molecule has 0 radical (unpaired) electrons. The molecule has 1 aromatic heterocycles. The summed E-state index contributed by atoms with van der Waals surface area (Å²) in [6.45, 7) is 0. The van der Waals surface area contributed by atoms with Crippen molar-refractivity contribution >= 4 is 29.2 Å². The summed E-state index contributed by atoms with van der Waals surface area (Å²) in [6.07, 6.45) is 0.741. The second-order valence-corrected chi connectivity index (χ2v) is 5.81. The van der Waals surface area contributed by atoms with Crippen LogP contribution in [0.1, 0.15) is 36.1 Å². The maximum Gasteiger partial charge on any atom is 0.303 e. The van der Waals surface area contributed by atoms with E-state index in [9.17, 15) is 9.90 Å². The smallest absolute Gasteiger partial charge is 0.303 e. The van der Waals surface area contributed by atoms with Crippen molar-refractivity contribution in [2.24, 2.45) is 0 Å². The number of hydrogen-bond acceptors (Lipinski definition) is 3. The fourth-order valence-corrected chi connectivity index (χ4v) is 2.60. The van der Waals surface area contributed by atoms with Crippen LogP contribution < -0.4 is 0 Å². The van der Waals surface area contributed by atoms with Gasteiger partial charge in [-0.05, 0) is 36.2 Å². The summed E-state index contributed by atoms with van der Waals surface area (Å²) < 4.78 is 0. The van der Waals surface area contributed by atoms with Crippen LogP contribution in [0.5, 0.6) is 0 Å². The van der Waals surface area contributed by atoms with E-state index in [1.54, 1.807) is 30.3 Å². The Morgan fingerprint density at radius 1 is 1.18 bits per heavy atom. The highest BCUT2D eigenvalue weighted by atomic mass is 35.5. The molecule has 2 atom stereocenters. The molecular formula is C16H15Cl2NO3. The van der Waals surface area contributed by atoms with Gasteiger partial charge in [-0.3, -0.25) is 9.78 Å². The van der Waals surface area contributed by atoms with Crippen molar-refractivity contribution in [3.05, 3.63) is 63.9 Å². The van der Waals surface area contributed by atoms with Crippen LogP contribution in [0.2, 0.25) is 10.0 Å². The summed E-state index contributed by atoms with van der Waals surface area (Å²) in [4.78, 5) is 15.0. The van der Waals surface area contributed by atoms with Crippen molar-refractivity contribution < 1.29 is 15.0 Å². The van der Waals surface area contributed by atoms with E-state index >= 15 is 0 Å². The van der Waals surface area contributed by atoms with Crippen LogP contribution in [-0.2, 0) is 4.79 Å². The molecule has 0 fully saturated rings. The van der Waals surface area contributed by atoms with Crippen molar-refractivity contribution in [1.82, 2.24) is 4.98 Å². The van der Waals surface area contributed by atoms with Crippen molar-refractivity contribution in [1.29, 1.82) is 0 Å². The van der Waals surface area contributed by atoms with Gasteiger partial charge < -0.3 is 10.2 Å². The number of carboxylic acids is 1. The first-order valence-corrected chi connectivity index (χ1v) is 7.49. The summed E-state index contributed by atoms with van der Waals surface area (Å²) in [7, 11) is 0. The van der Waals surface area contributed by atoms with E-state index in [1.165, 1.54) is 6.20 Å². The maximum absolute atomic E-state index is 10.9. The predicted octanol–water partition coefficient (Wildman–Crippen LogP) is 4.07. The molecule has 6 heteroatoms. The number of pyridine rings is 1. The average Bonchev–Trinajstić information content (AvgIpc) is 2.48. The van der Waals surface area contributed by atoms with Crippen LogP contribution in [0.4, 0.5) is 0 Å². The largest absolute Gasteiger partial charge is 0.481 e. The quantitative estimate of drug-likeness (QED) is 0.832.